The summed E-state index contributed by atoms with van der Waals surface area (Å²) in [5.41, 5.74) is 3.22. The number of hydrogen-bond donors (Lipinski definition) is 2. The molecule has 6 unspecified atom stereocenters. The zero-order valence-corrected chi connectivity index (χ0v) is 15.1. The molecule has 3 aliphatic carbocycles. The number of fused-ring (bicyclic) bond motifs is 4. The molecule has 130 valence electrons. The average molecular weight is 320 g/mol. The topological polar surface area (TPSA) is 49.7 Å². The lowest BCUT2D eigenvalue weighted by atomic mass is 9.47. The summed E-state index contributed by atoms with van der Waals surface area (Å²) in [5, 5.41) is 20.9. The molecule has 23 heavy (non-hydrogen) atoms. The van der Waals surface area contributed by atoms with Crippen LogP contribution in [0.4, 0.5) is 0 Å². The fraction of sp³-hybridized carbons (Fsp3) is 0.900. The summed E-state index contributed by atoms with van der Waals surface area (Å²) in [6.45, 7) is 9.65. The largest absolute Gasteiger partial charge is 0.393 e. The zero-order valence-electron chi connectivity index (χ0n) is 15.1. The summed E-state index contributed by atoms with van der Waals surface area (Å²) in [4.78, 5) is 0. The molecule has 0 bridgehead atoms. The first-order valence-electron chi connectivity index (χ1n) is 9.41. The number of ether oxygens (including phenoxy) is 1. The smallest absolute Gasteiger partial charge is 0.0868 e. The minimum Gasteiger partial charge on any atom is -0.393 e. The maximum atomic E-state index is 10.5. The first-order valence-corrected chi connectivity index (χ1v) is 9.41. The van der Waals surface area contributed by atoms with Crippen molar-refractivity contribution in [1.29, 1.82) is 0 Å². The standard InChI is InChI=1S/C20H32O3/c1-18(2)14-6-5-12-13(19(14,3)10-8-15(18)21)7-9-20(4)16(22)11-23-17(12)20/h14-17,21-22H,5-11H2,1-4H3. The molecular weight excluding hydrogens is 288 g/mol. The fourth-order valence-electron chi connectivity index (χ4n) is 6.57. The molecule has 0 radical (unpaired) electrons. The summed E-state index contributed by atoms with van der Waals surface area (Å²) in [5.74, 6) is 0.549. The monoisotopic (exact) mass is 320 g/mol. The van der Waals surface area contributed by atoms with E-state index in [1.807, 2.05) is 0 Å². The molecule has 0 aromatic heterocycles. The third-order valence-electron chi connectivity index (χ3n) is 8.25. The molecule has 4 rings (SSSR count). The van der Waals surface area contributed by atoms with Gasteiger partial charge in [-0.1, -0.05) is 33.3 Å². The second kappa shape index (κ2) is 4.83. The van der Waals surface area contributed by atoms with Crippen LogP contribution in [-0.4, -0.2) is 35.1 Å². The van der Waals surface area contributed by atoms with Crippen molar-refractivity contribution in [3.05, 3.63) is 11.1 Å². The average Bonchev–Trinajstić information content (AvgIpc) is 2.79. The van der Waals surface area contributed by atoms with Crippen LogP contribution in [0, 0.1) is 22.2 Å². The van der Waals surface area contributed by atoms with Crippen LogP contribution in [0.25, 0.3) is 0 Å². The predicted octanol–water partition coefficient (Wildman–Crippen LogP) is 3.44. The van der Waals surface area contributed by atoms with Crippen LogP contribution in [0.2, 0.25) is 0 Å². The van der Waals surface area contributed by atoms with Crippen molar-refractivity contribution in [2.45, 2.75) is 84.5 Å². The Hall–Kier alpha value is -0.380. The van der Waals surface area contributed by atoms with Crippen molar-refractivity contribution in [2.75, 3.05) is 6.61 Å². The highest BCUT2D eigenvalue weighted by molar-refractivity contribution is 5.36. The number of rotatable bonds is 0. The van der Waals surface area contributed by atoms with E-state index in [-0.39, 0.29) is 34.6 Å². The van der Waals surface area contributed by atoms with Gasteiger partial charge in [-0.3, -0.25) is 0 Å². The lowest BCUT2D eigenvalue weighted by molar-refractivity contribution is -0.0948. The molecular formula is C20H32O3. The van der Waals surface area contributed by atoms with Crippen LogP contribution in [0.1, 0.15) is 66.2 Å². The van der Waals surface area contributed by atoms with Crippen molar-refractivity contribution in [1.82, 2.24) is 0 Å². The van der Waals surface area contributed by atoms with Crippen LogP contribution < -0.4 is 0 Å². The maximum Gasteiger partial charge on any atom is 0.0868 e. The lowest BCUT2D eigenvalue weighted by Gasteiger charge is -2.59. The quantitative estimate of drug-likeness (QED) is 0.672. The van der Waals surface area contributed by atoms with E-state index < -0.39 is 0 Å². The van der Waals surface area contributed by atoms with Gasteiger partial charge in [-0.05, 0) is 60.8 Å². The molecule has 0 aromatic carbocycles. The highest BCUT2D eigenvalue weighted by Crippen LogP contribution is 2.64. The second-order valence-electron chi connectivity index (χ2n) is 9.62. The highest BCUT2D eigenvalue weighted by Gasteiger charge is 2.59. The van der Waals surface area contributed by atoms with E-state index in [9.17, 15) is 10.2 Å². The predicted molar refractivity (Wildman–Crippen MR) is 90.0 cm³/mol. The number of hydrogen-bond acceptors (Lipinski definition) is 3. The van der Waals surface area contributed by atoms with E-state index in [2.05, 4.69) is 27.7 Å². The Kier molecular flexibility index (Phi) is 3.38. The van der Waals surface area contributed by atoms with Gasteiger partial charge < -0.3 is 14.9 Å². The summed E-state index contributed by atoms with van der Waals surface area (Å²) in [6, 6.07) is 0. The van der Waals surface area contributed by atoms with Crippen LogP contribution in [0.3, 0.4) is 0 Å². The Morgan fingerprint density at radius 3 is 2.43 bits per heavy atom. The van der Waals surface area contributed by atoms with E-state index in [0.29, 0.717) is 12.5 Å². The Morgan fingerprint density at radius 1 is 0.957 bits per heavy atom. The van der Waals surface area contributed by atoms with Crippen molar-refractivity contribution in [2.24, 2.45) is 22.2 Å². The van der Waals surface area contributed by atoms with Crippen LogP contribution >= 0.6 is 0 Å². The molecule has 6 atom stereocenters. The van der Waals surface area contributed by atoms with Gasteiger partial charge in [-0.15, -0.1) is 0 Å². The molecule has 3 heteroatoms. The van der Waals surface area contributed by atoms with Gasteiger partial charge in [0.05, 0.1) is 24.9 Å². The number of allylic oxidation sites excluding steroid dienone is 1. The minimum atomic E-state index is -0.323. The molecule has 1 aliphatic heterocycles. The molecule has 3 nitrogen and oxygen atoms in total. The van der Waals surface area contributed by atoms with E-state index in [1.165, 1.54) is 5.57 Å². The van der Waals surface area contributed by atoms with Crippen LogP contribution in [-0.2, 0) is 4.74 Å². The van der Waals surface area contributed by atoms with E-state index >= 15 is 0 Å². The molecule has 1 saturated heterocycles. The molecule has 1 heterocycles. The van der Waals surface area contributed by atoms with Gasteiger partial charge in [0.25, 0.3) is 0 Å². The Bertz CT molecular complexity index is 551. The molecule has 0 aromatic rings. The van der Waals surface area contributed by atoms with Gasteiger partial charge in [0.15, 0.2) is 0 Å². The third-order valence-corrected chi connectivity index (χ3v) is 8.25. The zero-order chi connectivity index (χ0) is 16.6. The summed E-state index contributed by atoms with van der Waals surface area (Å²) in [6.07, 6.45) is 5.97. The molecule has 0 amide bonds. The Labute approximate surface area is 140 Å². The normalized spacial score (nSPS) is 51.9. The molecule has 4 aliphatic rings. The molecule has 1 saturated carbocycles. The maximum absolute atomic E-state index is 10.5. The number of aliphatic hydroxyl groups excluding tert-OH is 2. The van der Waals surface area contributed by atoms with E-state index in [0.717, 1.165) is 38.5 Å². The first kappa shape index (κ1) is 16.1. The van der Waals surface area contributed by atoms with Crippen LogP contribution in [0.5, 0.6) is 0 Å². The Balaban J connectivity index is 1.77. The SMILES string of the molecule is CC12CCC(O)C(C)(C)C1CCC1=C2CCC2(C)C(O)COC12. The lowest BCUT2D eigenvalue weighted by Crippen LogP contribution is -2.54. The molecule has 0 spiro atoms. The van der Waals surface area contributed by atoms with Gasteiger partial charge in [0, 0.05) is 5.41 Å². The fourth-order valence-corrected chi connectivity index (χ4v) is 6.57. The van der Waals surface area contributed by atoms with Gasteiger partial charge >= 0.3 is 0 Å². The summed E-state index contributed by atoms with van der Waals surface area (Å²) >= 11 is 0. The van der Waals surface area contributed by atoms with Crippen molar-refractivity contribution in [3.8, 4) is 0 Å². The van der Waals surface area contributed by atoms with Crippen molar-refractivity contribution >= 4 is 0 Å². The van der Waals surface area contributed by atoms with Crippen molar-refractivity contribution in [3.63, 3.8) is 0 Å². The van der Waals surface area contributed by atoms with Gasteiger partial charge in [0.1, 0.15) is 0 Å². The highest BCUT2D eigenvalue weighted by atomic mass is 16.5. The Morgan fingerprint density at radius 2 is 1.70 bits per heavy atom. The minimum absolute atomic E-state index is 0.0116. The number of aliphatic hydroxyl groups is 2. The first-order chi connectivity index (χ1) is 10.7. The van der Waals surface area contributed by atoms with Gasteiger partial charge in [0.2, 0.25) is 0 Å². The van der Waals surface area contributed by atoms with E-state index in [1.54, 1.807) is 5.57 Å². The molecule has 2 fully saturated rings. The second-order valence-corrected chi connectivity index (χ2v) is 9.62. The summed E-state index contributed by atoms with van der Waals surface area (Å²) in [7, 11) is 0. The molecule has 2 N–H and O–H groups in total. The van der Waals surface area contributed by atoms with E-state index in [4.69, 9.17) is 4.74 Å². The van der Waals surface area contributed by atoms with Gasteiger partial charge in [-0.25, -0.2) is 0 Å². The summed E-state index contributed by atoms with van der Waals surface area (Å²) < 4.78 is 6.08. The van der Waals surface area contributed by atoms with Crippen LogP contribution in [0.15, 0.2) is 11.1 Å². The van der Waals surface area contributed by atoms with Crippen molar-refractivity contribution < 1.29 is 14.9 Å². The van der Waals surface area contributed by atoms with Gasteiger partial charge in [-0.2, -0.15) is 0 Å². The third kappa shape index (κ3) is 1.93.